The third-order valence-electron chi connectivity index (χ3n) is 5.97. The fourth-order valence-corrected chi connectivity index (χ4v) is 4.10. The number of ether oxygens (including phenoxy) is 1. The fraction of sp³-hybridized carbons (Fsp3) is 0.0333. The van der Waals surface area contributed by atoms with Crippen LogP contribution in [0.25, 0.3) is 39.4 Å². The van der Waals surface area contributed by atoms with Gasteiger partial charge >= 0.3 is 0 Å². The van der Waals surface area contributed by atoms with Crippen LogP contribution in [0, 0.1) is 0 Å². The number of hydrogen-bond donors (Lipinski definition) is 1. The number of carbonyl (C=O) groups is 1. The molecule has 0 spiro atoms. The first-order chi connectivity index (χ1) is 18.7. The summed E-state index contributed by atoms with van der Waals surface area (Å²) >= 11 is 0. The molecule has 6 rings (SSSR count). The topological polar surface area (TPSA) is 94.3 Å². The second kappa shape index (κ2) is 10.3. The molecule has 0 radical (unpaired) electrons. The van der Waals surface area contributed by atoms with Crippen LogP contribution >= 0.6 is 0 Å². The summed E-state index contributed by atoms with van der Waals surface area (Å²) in [5, 5.41) is 16.1. The molecule has 0 aliphatic rings. The number of carbonyl (C=O) groups excluding carboxylic acids is 1. The van der Waals surface area contributed by atoms with E-state index in [4.69, 9.17) is 9.84 Å². The number of aromatic nitrogens is 5. The van der Waals surface area contributed by atoms with E-state index in [0.29, 0.717) is 22.9 Å². The van der Waals surface area contributed by atoms with Crippen molar-refractivity contribution in [2.45, 2.75) is 0 Å². The molecule has 8 nitrogen and oxygen atoms in total. The van der Waals surface area contributed by atoms with Gasteiger partial charge in [-0.05, 0) is 59.7 Å². The van der Waals surface area contributed by atoms with E-state index in [1.807, 2.05) is 91.0 Å². The lowest BCUT2D eigenvalue weighted by atomic mass is 10.1. The van der Waals surface area contributed by atoms with Gasteiger partial charge in [0, 0.05) is 29.2 Å². The molecule has 184 valence electrons. The molecular formula is C30H22N6O2. The highest BCUT2D eigenvalue weighted by Gasteiger charge is 2.12. The van der Waals surface area contributed by atoms with Gasteiger partial charge in [0.2, 0.25) is 0 Å². The van der Waals surface area contributed by atoms with Crippen LogP contribution in [-0.2, 0) is 4.79 Å². The van der Waals surface area contributed by atoms with E-state index in [1.54, 1.807) is 16.9 Å². The average molecular weight is 499 g/mol. The molecule has 3 aromatic carbocycles. The minimum absolute atomic E-state index is 0.102. The van der Waals surface area contributed by atoms with Crippen LogP contribution in [0.5, 0.6) is 5.75 Å². The van der Waals surface area contributed by atoms with E-state index in [2.05, 4.69) is 32.6 Å². The third kappa shape index (κ3) is 4.96. The SMILES string of the molecule is O=C(COc1ccc(-c2ccccc2)cc1)Nc1cccc(-c2ccc3nnc(-c4ccncc4)n3n2)c1. The third-order valence-corrected chi connectivity index (χ3v) is 5.97. The molecule has 1 N–H and O–H groups in total. The van der Waals surface area contributed by atoms with Crippen LogP contribution in [0.2, 0.25) is 0 Å². The molecule has 0 unspecified atom stereocenters. The Bertz CT molecular complexity index is 1700. The number of anilines is 1. The number of hydrogen-bond acceptors (Lipinski definition) is 6. The highest BCUT2D eigenvalue weighted by molar-refractivity contribution is 5.92. The molecule has 0 bridgehead atoms. The summed E-state index contributed by atoms with van der Waals surface area (Å²) in [7, 11) is 0. The quantitative estimate of drug-likeness (QED) is 0.311. The zero-order valence-electron chi connectivity index (χ0n) is 20.2. The Morgan fingerprint density at radius 3 is 2.32 bits per heavy atom. The smallest absolute Gasteiger partial charge is 0.262 e. The number of nitrogens with zero attached hydrogens (tertiary/aromatic N) is 5. The average Bonchev–Trinajstić information content (AvgIpc) is 3.41. The molecule has 0 atom stereocenters. The Morgan fingerprint density at radius 1 is 0.737 bits per heavy atom. The van der Waals surface area contributed by atoms with Crippen LogP contribution < -0.4 is 10.1 Å². The molecule has 3 aromatic heterocycles. The van der Waals surface area contributed by atoms with Crippen LogP contribution in [0.4, 0.5) is 5.69 Å². The van der Waals surface area contributed by atoms with Crippen molar-refractivity contribution in [2.24, 2.45) is 0 Å². The summed E-state index contributed by atoms with van der Waals surface area (Å²) in [5.41, 5.74) is 5.94. The number of pyridine rings is 1. The standard InChI is InChI=1S/C30H22N6O2/c37-29(20-38-26-11-9-22(10-12-26)21-5-2-1-3-6-21)32-25-8-4-7-24(19-25)27-13-14-28-33-34-30(36(28)35-27)23-15-17-31-18-16-23/h1-19H,20H2,(H,32,37). The Morgan fingerprint density at radius 2 is 1.50 bits per heavy atom. The lowest BCUT2D eigenvalue weighted by molar-refractivity contribution is -0.118. The molecular weight excluding hydrogens is 476 g/mol. The van der Waals surface area contributed by atoms with Crippen molar-refractivity contribution in [1.29, 1.82) is 0 Å². The first kappa shape index (κ1) is 23.1. The Kier molecular flexibility index (Phi) is 6.26. The van der Waals surface area contributed by atoms with Gasteiger partial charge in [0.1, 0.15) is 5.75 Å². The molecule has 8 heteroatoms. The van der Waals surface area contributed by atoms with Crippen LogP contribution in [0.3, 0.4) is 0 Å². The molecule has 0 saturated carbocycles. The van der Waals surface area contributed by atoms with Crippen molar-refractivity contribution >= 4 is 17.2 Å². The van der Waals surface area contributed by atoms with Crippen LogP contribution in [-0.4, -0.2) is 37.3 Å². The highest BCUT2D eigenvalue weighted by atomic mass is 16.5. The molecule has 3 heterocycles. The molecule has 0 aliphatic heterocycles. The normalized spacial score (nSPS) is 10.8. The van der Waals surface area contributed by atoms with Crippen molar-refractivity contribution in [3.63, 3.8) is 0 Å². The number of rotatable bonds is 7. The van der Waals surface area contributed by atoms with Gasteiger partial charge in [-0.25, -0.2) is 0 Å². The second-order valence-corrected chi connectivity index (χ2v) is 8.56. The number of nitrogens with one attached hydrogen (secondary N) is 1. The van der Waals surface area contributed by atoms with Crippen molar-refractivity contribution in [3.05, 3.63) is 116 Å². The maximum Gasteiger partial charge on any atom is 0.262 e. The molecule has 0 fully saturated rings. The summed E-state index contributed by atoms with van der Waals surface area (Å²) < 4.78 is 7.40. The Hall–Kier alpha value is -5.37. The molecule has 0 saturated heterocycles. The predicted molar refractivity (Wildman–Crippen MR) is 145 cm³/mol. The van der Waals surface area contributed by atoms with Gasteiger partial charge in [0.15, 0.2) is 18.1 Å². The lowest BCUT2D eigenvalue weighted by Crippen LogP contribution is -2.20. The van der Waals surface area contributed by atoms with Crippen LogP contribution in [0.15, 0.2) is 116 Å². The van der Waals surface area contributed by atoms with Gasteiger partial charge in [0.25, 0.3) is 5.91 Å². The van der Waals surface area contributed by atoms with Crippen molar-refractivity contribution in [1.82, 2.24) is 24.8 Å². The predicted octanol–water partition coefficient (Wildman–Crippen LogP) is 5.54. The Balaban J connectivity index is 1.13. The molecule has 6 aromatic rings. The van der Waals surface area contributed by atoms with E-state index in [0.717, 1.165) is 27.9 Å². The largest absolute Gasteiger partial charge is 0.484 e. The summed E-state index contributed by atoms with van der Waals surface area (Å²) in [4.78, 5) is 16.6. The summed E-state index contributed by atoms with van der Waals surface area (Å²) in [6.45, 7) is -0.102. The number of benzene rings is 3. The van der Waals surface area contributed by atoms with Gasteiger partial charge in [-0.2, -0.15) is 9.61 Å². The second-order valence-electron chi connectivity index (χ2n) is 8.56. The first-order valence-corrected chi connectivity index (χ1v) is 12.0. The van der Waals surface area contributed by atoms with Crippen molar-refractivity contribution < 1.29 is 9.53 Å². The van der Waals surface area contributed by atoms with Crippen LogP contribution in [0.1, 0.15) is 0 Å². The van der Waals surface area contributed by atoms with E-state index in [-0.39, 0.29) is 12.5 Å². The lowest BCUT2D eigenvalue weighted by Gasteiger charge is -2.10. The zero-order valence-corrected chi connectivity index (χ0v) is 20.2. The van der Waals surface area contributed by atoms with E-state index in [1.165, 1.54) is 0 Å². The highest BCUT2D eigenvalue weighted by Crippen LogP contribution is 2.24. The minimum atomic E-state index is -0.253. The van der Waals surface area contributed by atoms with Gasteiger partial charge in [0.05, 0.1) is 5.69 Å². The van der Waals surface area contributed by atoms with Crippen molar-refractivity contribution in [3.8, 4) is 39.5 Å². The molecule has 1 amide bonds. The summed E-state index contributed by atoms with van der Waals surface area (Å²) in [5.74, 6) is 1.00. The van der Waals surface area contributed by atoms with E-state index < -0.39 is 0 Å². The minimum Gasteiger partial charge on any atom is -0.484 e. The summed E-state index contributed by atoms with van der Waals surface area (Å²) in [6.07, 6.45) is 3.41. The maximum atomic E-state index is 12.6. The number of amides is 1. The van der Waals surface area contributed by atoms with Gasteiger partial charge in [-0.1, -0.05) is 54.6 Å². The maximum absolute atomic E-state index is 12.6. The van der Waals surface area contributed by atoms with Crippen molar-refractivity contribution in [2.75, 3.05) is 11.9 Å². The van der Waals surface area contributed by atoms with Gasteiger partial charge in [-0.15, -0.1) is 10.2 Å². The summed E-state index contributed by atoms with van der Waals surface area (Å²) in [6, 6.07) is 32.8. The first-order valence-electron chi connectivity index (χ1n) is 12.0. The monoisotopic (exact) mass is 498 g/mol. The number of fused-ring (bicyclic) bond motifs is 1. The van der Waals surface area contributed by atoms with E-state index in [9.17, 15) is 4.79 Å². The molecule has 0 aliphatic carbocycles. The molecule has 38 heavy (non-hydrogen) atoms. The fourth-order valence-electron chi connectivity index (χ4n) is 4.10. The zero-order chi connectivity index (χ0) is 25.7. The van der Waals surface area contributed by atoms with E-state index >= 15 is 0 Å². The van der Waals surface area contributed by atoms with Gasteiger partial charge < -0.3 is 10.1 Å². The Labute approximate surface area is 218 Å². The van der Waals surface area contributed by atoms with Gasteiger partial charge in [-0.3, -0.25) is 9.78 Å².